The van der Waals surface area contributed by atoms with Crippen molar-refractivity contribution in [2.45, 2.75) is 18.3 Å². The molecule has 0 spiro atoms. The molecule has 1 aromatic carbocycles. The van der Waals surface area contributed by atoms with E-state index in [1.165, 1.54) is 33.3 Å². The molecule has 2 unspecified atom stereocenters. The summed E-state index contributed by atoms with van der Waals surface area (Å²) >= 11 is 4.34. The fraction of sp³-hybridized carbons (Fsp3) is 0.294. The van der Waals surface area contributed by atoms with Gasteiger partial charge in [-0.3, -0.25) is 24.2 Å². The normalized spacial score (nSPS) is 22.7. The molecule has 2 heterocycles. The number of amides is 3. The second kappa shape index (κ2) is 6.49. The average Bonchev–Trinajstić information content (AvgIpc) is 2.90. The molecule has 0 N–H and O–H groups in total. The molecule has 0 aromatic heterocycles. The zero-order valence-corrected chi connectivity index (χ0v) is 15.1. The molecule has 9 heteroatoms. The van der Waals surface area contributed by atoms with Crippen molar-refractivity contribution in [3.63, 3.8) is 0 Å². The summed E-state index contributed by atoms with van der Waals surface area (Å²) < 4.78 is 9.74. The van der Waals surface area contributed by atoms with Gasteiger partial charge in [0, 0.05) is 0 Å². The second-order valence-corrected chi connectivity index (χ2v) is 6.22. The Labute approximate surface area is 154 Å². The maximum Gasteiger partial charge on any atom is 0.358 e. The van der Waals surface area contributed by atoms with Crippen molar-refractivity contribution < 1.29 is 28.7 Å². The Morgan fingerprint density at radius 2 is 1.58 bits per heavy atom. The van der Waals surface area contributed by atoms with E-state index in [-0.39, 0.29) is 22.6 Å². The molecule has 1 aromatic rings. The summed E-state index contributed by atoms with van der Waals surface area (Å²) in [6, 6.07) is 5.22. The van der Waals surface area contributed by atoms with E-state index in [2.05, 4.69) is 12.6 Å². The number of allylic oxidation sites excluding steroid dienone is 1. The maximum atomic E-state index is 12.7. The van der Waals surface area contributed by atoms with Gasteiger partial charge in [-0.2, -0.15) is 12.6 Å². The van der Waals surface area contributed by atoms with Gasteiger partial charge < -0.3 is 9.47 Å². The molecule has 8 nitrogen and oxygen atoms in total. The van der Waals surface area contributed by atoms with E-state index in [0.29, 0.717) is 0 Å². The molecule has 3 rings (SSSR count). The highest BCUT2D eigenvalue weighted by Gasteiger charge is 2.57. The Hall–Kier alpha value is -2.81. The second-order valence-electron chi connectivity index (χ2n) is 5.69. The topological polar surface area (TPSA) is 93.2 Å². The number of likely N-dealkylation sites (tertiary alicyclic amines) is 1. The number of methoxy groups -OCH3 is 2. The molecule has 26 heavy (non-hydrogen) atoms. The largest absolute Gasteiger partial charge is 0.499 e. The van der Waals surface area contributed by atoms with Gasteiger partial charge in [-0.05, 0) is 19.1 Å². The summed E-state index contributed by atoms with van der Waals surface area (Å²) in [5.41, 5.74) is 0.357. The summed E-state index contributed by atoms with van der Waals surface area (Å²) in [6.45, 7) is 1.50. The molecule has 0 aliphatic carbocycles. The SMILES string of the molecule is COC(=O)C(=C(C)OC)N1C(=O)C(N2C(=O)c3ccccc3C2=O)C1S. The van der Waals surface area contributed by atoms with Crippen molar-refractivity contribution in [1.82, 2.24) is 9.80 Å². The third-order valence-electron chi connectivity index (χ3n) is 4.40. The minimum Gasteiger partial charge on any atom is -0.499 e. The van der Waals surface area contributed by atoms with E-state index >= 15 is 0 Å². The number of imide groups is 1. The third-order valence-corrected chi connectivity index (χ3v) is 4.91. The quantitative estimate of drug-likeness (QED) is 0.209. The number of β-lactam (4-membered cyclic amide) rings is 1. The fourth-order valence-corrected chi connectivity index (χ4v) is 3.50. The van der Waals surface area contributed by atoms with Crippen LogP contribution in [0.5, 0.6) is 0 Å². The van der Waals surface area contributed by atoms with Crippen LogP contribution in [0.1, 0.15) is 27.6 Å². The molecule has 1 saturated heterocycles. The van der Waals surface area contributed by atoms with Gasteiger partial charge >= 0.3 is 5.97 Å². The van der Waals surface area contributed by atoms with E-state index in [1.54, 1.807) is 12.1 Å². The van der Waals surface area contributed by atoms with E-state index in [1.807, 2.05) is 0 Å². The highest BCUT2D eigenvalue weighted by atomic mass is 32.1. The standard InChI is InChI=1S/C17H16N2O6S/c1-8(24-2)11(17(23)25-3)19-15(22)12(16(19)26)18-13(20)9-6-4-5-7-10(9)14(18)21/h4-7,12,16,26H,1-3H3. The lowest BCUT2D eigenvalue weighted by molar-refractivity contribution is -0.153. The summed E-state index contributed by atoms with van der Waals surface area (Å²) in [6.07, 6.45) is 0. The molecule has 0 bridgehead atoms. The Balaban J connectivity index is 1.93. The van der Waals surface area contributed by atoms with Crippen LogP contribution in [0.25, 0.3) is 0 Å². The van der Waals surface area contributed by atoms with Crippen molar-refractivity contribution in [2.75, 3.05) is 14.2 Å². The van der Waals surface area contributed by atoms with E-state index in [0.717, 1.165) is 9.80 Å². The number of carbonyl (C=O) groups excluding carboxylic acids is 4. The number of hydrogen-bond acceptors (Lipinski definition) is 7. The van der Waals surface area contributed by atoms with Crippen LogP contribution in [0.15, 0.2) is 35.7 Å². The fourth-order valence-electron chi connectivity index (χ4n) is 3.01. The molecule has 0 radical (unpaired) electrons. The summed E-state index contributed by atoms with van der Waals surface area (Å²) in [4.78, 5) is 51.8. The Morgan fingerprint density at radius 3 is 2.00 bits per heavy atom. The molecule has 3 amide bonds. The number of benzene rings is 1. The minimum atomic E-state index is -1.12. The Bertz CT molecular complexity index is 830. The van der Waals surface area contributed by atoms with Crippen molar-refractivity contribution in [2.24, 2.45) is 0 Å². The number of carbonyl (C=O) groups is 4. The van der Waals surface area contributed by atoms with Crippen LogP contribution < -0.4 is 0 Å². The monoisotopic (exact) mass is 376 g/mol. The van der Waals surface area contributed by atoms with Gasteiger partial charge in [0.1, 0.15) is 17.2 Å². The predicted octanol–water partition coefficient (Wildman–Crippen LogP) is 0.800. The van der Waals surface area contributed by atoms with Crippen molar-refractivity contribution >= 4 is 36.3 Å². The Kier molecular flexibility index (Phi) is 4.49. The number of rotatable bonds is 4. The van der Waals surface area contributed by atoms with Gasteiger partial charge in [-0.15, -0.1) is 0 Å². The number of nitrogens with zero attached hydrogens (tertiary/aromatic N) is 2. The van der Waals surface area contributed by atoms with Gasteiger partial charge in [0.25, 0.3) is 17.7 Å². The zero-order chi connectivity index (χ0) is 19.2. The van der Waals surface area contributed by atoms with Crippen LogP contribution in [0.2, 0.25) is 0 Å². The van der Waals surface area contributed by atoms with Crippen LogP contribution in [0.3, 0.4) is 0 Å². The Morgan fingerprint density at radius 1 is 1.04 bits per heavy atom. The summed E-state index contributed by atoms with van der Waals surface area (Å²) in [5, 5.41) is -0.899. The number of esters is 1. The first-order valence-electron chi connectivity index (χ1n) is 7.66. The number of ether oxygens (including phenoxy) is 2. The summed E-state index contributed by atoms with van der Waals surface area (Å²) in [7, 11) is 2.52. The first kappa shape index (κ1) is 18.0. The predicted molar refractivity (Wildman–Crippen MR) is 92.1 cm³/mol. The molecule has 0 saturated carbocycles. The number of thiol groups is 1. The van der Waals surface area contributed by atoms with Crippen LogP contribution >= 0.6 is 12.6 Å². The smallest absolute Gasteiger partial charge is 0.358 e. The zero-order valence-electron chi connectivity index (χ0n) is 14.3. The summed E-state index contributed by atoms with van der Waals surface area (Å²) in [5.74, 6) is -2.36. The van der Waals surface area contributed by atoms with Crippen LogP contribution in [0.4, 0.5) is 0 Å². The van der Waals surface area contributed by atoms with Gasteiger partial charge in [0.15, 0.2) is 5.70 Å². The van der Waals surface area contributed by atoms with E-state index in [4.69, 9.17) is 9.47 Å². The van der Waals surface area contributed by atoms with Crippen molar-refractivity contribution in [3.8, 4) is 0 Å². The first-order chi connectivity index (χ1) is 12.3. The van der Waals surface area contributed by atoms with Gasteiger partial charge in [-0.25, -0.2) is 4.79 Å². The third kappa shape index (κ3) is 2.38. The lowest BCUT2D eigenvalue weighted by Crippen LogP contribution is -2.69. The van der Waals surface area contributed by atoms with Gasteiger partial charge in [0.05, 0.1) is 25.3 Å². The first-order valence-corrected chi connectivity index (χ1v) is 8.18. The van der Waals surface area contributed by atoms with Crippen LogP contribution in [-0.4, -0.2) is 59.1 Å². The van der Waals surface area contributed by atoms with Crippen LogP contribution in [0, 0.1) is 0 Å². The number of fused-ring (bicyclic) bond motifs is 1. The molecule has 136 valence electrons. The highest BCUT2D eigenvalue weighted by Crippen LogP contribution is 2.37. The molecule has 2 aliphatic heterocycles. The number of hydrogen-bond donors (Lipinski definition) is 1. The minimum absolute atomic E-state index is 0.118. The average molecular weight is 376 g/mol. The van der Waals surface area contributed by atoms with Crippen LogP contribution in [-0.2, 0) is 19.1 Å². The van der Waals surface area contributed by atoms with Crippen molar-refractivity contribution in [1.29, 1.82) is 0 Å². The maximum absolute atomic E-state index is 12.7. The van der Waals surface area contributed by atoms with Gasteiger partial charge in [-0.1, -0.05) is 12.1 Å². The molecule has 1 fully saturated rings. The van der Waals surface area contributed by atoms with Gasteiger partial charge in [0.2, 0.25) is 0 Å². The van der Waals surface area contributed by atoms with E-state index in [9.17, 15) is 19.2 Å². The highest BCUT2D eigenvalue weighted by molar-refractivity contribution is 7.81. The van der Waals surface area contributed by atoms with E-state index < -0.39 is 35.1 Å². The van der Waals surface area contributed by atoms with Crippen molar-refractivity contribution in [3.05, 3.63) is 46.8 Å². The lowest BCUT2D eigenvalue weighted by atomic mass is 10.0. The lowest BCUT2D eigenvalue weighted by Gasteiger charge is -2.47. The molecular weight excluding hydrogens is 360 g/mol. The molecule has 2 aliphatic rings. The molecular formula is C17H16N2O6S. The molecule has 2 atom stereocenters.